The minimum Gasteiger partial charge on any atom is -0.455 e. The smallest absolute Gasteiger partial charge is 0.145 e. The molecular weight excluding hydrogens is 488 g/mol. The van der Waals surface area contributed by atoms with Crippen molar-refractivity contribution in [1.29, 1.82) is 0 Å². The highest BCUT2D eigenvalue weighted by Gasteiger charge is 2.27. The lowest BCUT2D eigenvalue weighted by molar-refractivity contribution is 0.667. The molecule has 0 bridgehead atoms. The maximum atomic E-state index is 7.01. The van der Waals surface area contributed by atoms with Gasteiger partial charge < -0.3 is 13.4 Å². The van der Waals surface area contributed by atoms with Gasteiger partial charge in [-0.2, -0.15) is 0 Å². The molecule has 3 heteroatoms. The molecule has 1 aliphatic rings. The first kappa shape index (κ1) is 19.7. The van der Waals surface area contributed by atoms with Gasteiger partial charge in [0.1, 0.15) is 11.2 Å². The summed E-state index contributed by atoms with van der Waals surface area (Å²) in [5.74, 6) is 0. The van der Waals surface area contributed by atoms with Gasteiger partial charge in [-0.3, -0.25) is 0 Å². The Morgan fingerprint density at radius 3 is 2.05 bits per heavy atom. The van der Waals surface area contributed by atoms with Gasteiger partial charge in [0.25, 0.3) is 0 Å². The monoisotopic (exact) mass is 508 g/mol. The van der Waals surface area contributed by atoms with E-state index >= 15 is 0 Å². The lowest BCUT2D eigenvalue weighted by Crippen LogP contribution is -2.08. The average Bonchev–Trinajstić information content (AvgIpc) is 3.74. The Morgan fingerprint density at radius 2 is 1.15 bits per heavy atom. The van der Waals surface area contributed by atoms with Crippen LogP contribution in [0.15, 0.2) is 114 Å². The van der Waals surface area contributed by atoms with Crippen LogP contribution in [0.3, 0.4) is 0 Å². The summed E-state index contributed by atoms with van der Waals surface area (Å²) in [7, 11) is 0. The molecule has 0 amide bonds. The Balaban J connectivity index is 1.31. The Bertz CT molecular complexity index is 2730. The van der Waals surface area contributed by atoms with Crippen LogP contribution in [0.1, 0.15) is 11.1 Å². The molecule has 0 spiro atoms. The molecule has 4 aromatic heterocycles. The molecular formula is C37H20N2O. The molecule has 6 aromatic carbocycles. The summed E-state index contributed by atoms with van der Waals surface area (Å²) in [4.78, 5) is 0. The van der Waals surface area contributed by atoms with Crippen LogP contribution < -0.4 is 0 Å². The molecule has 0 N–H and O–H groups in total. The first-order valence-electron chi connectivity index (χ1n) is 13.9. The number of para-hydroxylation sites is 4. The SMILES string of the molecule is c1ccc2c(c1)c1cccc3c1n2-c1ccc2c(oc4c2ccc2c4c4cccc5c6ccccc6n2c54)c1C3. The lowest BCUT2D eigenvalue weighted by atomic mass is 9.95. The Labute approximate surface area is 227 Å². The number of benzene rings is 6. The summed E-state index contributed by atoms with van der Waals surface area (Å²) >= 11 is 0. The molecule has 5 heterocycles. The molecule has 0 saturated carbocycles. The van der Waals surface area contributed by atoms with E-state index in [1.165, 1.54) is 87.5 Å². The van der Waals surface area contributed by atoms with Gasteiger partial charge in [0.05, 0.1) is 38.7 Å². The summed E-state index contributed by atoms with van der Waals surface area (Å²) in [6.07, 6.45) is 0.864. The quantitative estimate of drug-likeness (QED) is 0.200. The first-order valence-corrected chi connectivity index (χ1v) is 13.9. The van der Waals surface area contributed by atoms with E-state index in [-0.39, 0.29) is 0 Å². The summed E-state index contributed by atoms with van der Waals surface area (Å²) in [5.41, 5.74) is 12.2. The van der Waals surface area contributed by atoms with Crippen molar-refractivity contribution in [3.63, 3.8) is 0 Å². The summed E-state index contributed by atoms with van der Waals surface area (Å²) in [6.45, 7) is 0. The van der Waals surface area contributed by atoms with Crippen LogP contribution in [0.2, 0.25) is 0 Å². The van der Waals surface area contributed by atoms with E-state index in [4.69, 9.17) is 4.42 Å². The van der Waals surface area contributed by atoms with Crippen molar-refractivity contribution in [2.75, 3.05) is 0 Å². The van der Waals surface area contributed by atoms with Crippen molar-refractivity contribution < 1.29 is 4.42 Å². The average molecular weight is 509 g/mol. The fourth-order valence-corrected chi connectivity index (χ4v) is 7.91. The number of rotatable bonds is 0. The van der Waals surface area contributed by atoms with Gasteiger partial charge in [0.2, 0.25) is 0 Å². The number of hydrogen-bond acceptors (Lipinski definition) is 1. The molecule has 0 radical (unpaired) electrons. The summed E-state index contributed by atoms with van der Waals surface area (Å²) < 4.78 is 11.9. The molecule has 0 fully saturated rings. The zero-order valence-electron chi connectivity index (χ0n) is 21.4. The van der Waals surface area contributed by atoms with E-state index in [1.54, 1.807) is 0 Å². The second-order valence-corrected chi connectivity index (χ2v) is 11.3. The largest absolute Gasteiger partial charge is 0.455 e. The zero-order chi connectivity index (χ0) is 25.7. The van der Waals surface area contributed by atoms with Gasteiger partial charge in [0, 0.05) is 49.7 Å². The Hall–Kier alpha value is -5.28. The maximum absolute atomic E-state index is 7.01. The fourth-order valence-electron chi connectivity index (χ4n) is 7.91. The Kier molecular flexibility index (Phi) is 3.19. The highest BCUT2D eigenvalue weighted by atomic mass is 16.3. The number of hydrogen-bond donors (Lipinski definition) is 0. The van der Waals surface area contributed by atoms with E-state index in [0.717, 1.165) is 17.6 Å². The normalized spacial score (nSPS) is 13.4. The van der Waals surface area contributed by atoms with Crippen LogP contribution in [0.4, 0.5) is 0 Å². The third-order valence-corrected chi connectivity index (χ3v) is 9.46. The first-order chi connectivity index (χ1) is 19.9. The van der Waals surface area contributed by atoms with Crippen molar-refractivity contribution in [3.8, 4) is 5.69 Å². The molecule has 184 valence electrons. The van der Waals surface area contributed by atoms with Crippen molar-refractivity contribution in [3.05, 3.63) is 120 Å². The third kappa shape index (κ3) is 2.05. The molecule has 3 nitrogen and oxygen atoms in total. The van der Waals surface area contributed by atoms with E-state index in [1.807, 2.05) is 0 Å². The number of nitrogens with zero attached hydrogens (tertiary/aromatic N) is 2. The van der Waals surface area contributed by atoms with Gasteiger partial charge >= 0.3 is 0 Å². The molecule has 11 rings (SSSR count). The van der Waals surface area contributed by atoms with Crippen LogP contribution in [-0.4, -0.2) is 8.97 Å². The molecule has 0 aliphatic carbocycles. The minimum atomic E-state index is 0.864. The van der Waals surface area contributed by atoms with Gasteiger partial charge in [0.15, 0.2) is 0 Å². The predicted octanol–water partition coefficient (Wildman–Crippen LogP) is 9.74. The molecule has 0 saturated heterocycles. The maximum Gasteiger partial charge on any atom is 0.145 e. The number of aromatic nitrogens is 2. The highest BCUT2D eigenvalue weighted by molar-refractivity contribution is 6.29. The van der Waals surface area contributed by atoms with Crippen LogP contribution in [0, 0.1) is 0 Å². The molecule has 10 aromatic rings. The van der Waals surface area contributed by atoms with Crippen molar-refractivity contribution >= 4 is 81.8 Å². The summed E-state index contributed by atoms with van der Waals surface area (Å²) in [6, 6.07) is 40.0. The zero-order valence-corrected chi connectivity index (χ0v) is 21.4. The van der Waals surface area contributed by atoms with Crippen LogP contribution in [-0.2, 0) is 6.42 Å². The number of fused-ring (bicyclic) bond motifs is 16. The highest BCUT2D eigenvalue weighted by Crippen LogP contribution is 2.47. The molecule has 0 unspecified atom stereocenters. The van der Waals surface area contributed by atoms with Gasteiger partial charge in [-0.1, -0.05) is 72.8 Å². The van der Waals surface area contributed by atoms with Gasteiger partial charge in [-0.25, -0.2) is 0 Å². The van der Waals surface area contributed by atoms with Crippen LogP contribution >= 0.6 is 0 Å². The van der Waals surface area contributed by atoms with Crippen molar-refractivity contribution in [2.24, 2.45) is 0 Å². The standard InChI is InChI=1S/C37H20N2O/c1-3-13-29-21(8-1)23-10-5-7-20-19-28-31(38(29)34(20)23)17-15-25-26-16-18-32-33(37(26)40-36(25)28)27-12-6-11-24-22-9-2-4-14-30(22)39(32)35(24)27/h1-18H,19H2. The second kappa shape index (κ2) is 6.47. The van der Waals surface area contributed by atoms with Crippen molar-refractivity contribution in [1.82, 2.24) is 8.97 Å². The van der Waals surface area contributed by atoms with Crippen molar-refractivity contribution in [2.45, 2.75) is 6.42 Å². The topological polar surface area (TPSA) is 22.5 Å². The second-order valence-electron chi connectivity index (χ2n) is 11.3. The fraction of sp³-hybridized carbons (Fsp3) is 0.0270. The lowest BCUT2D eigenvalue weighted by Gasteiger charge is -2.20. The molecule has 0 atom stereocenters. The third-order valence-electron chi connectivity index (χ3n) is 9.46. The minimum absolute atomic E-state index is 0.864. The van der Waals surface area contributed by atoms with Gasteiger partial charge in [-0.15, -0.1) is 0 Å². The molecule has 40 heavy (non-hydrogen) atoms. The number of furan rings is 1. The van der Waals surface area contributed by atoms with Crippen LogP contribution in [0.5, 0.6) is 0 Å². The van der Waals surface area contributed by atoms with Gasteiger partial charge in [-0.05, 0) is 42.0 Å². The van der Waals surface area contributed by atoms with E-state index < -0.39 is 0 Å². The molecule has 1 aliphatic heterocycles. The van der Waals surface area contributed by atoms with Crippen LogP contribution in [0.25, 0.3) is 87.5 Å². The Morgan fingerprint density at radius 1 is 0.475 bits per heavy atom. The van der Waals surface area contributed by atoms with E-state index in [0.29, 0.717) is 0 Å². The van der Waals surface area contributed by atoms with E-state index in [9.17, 15) is 0 Å². The predicted molar refractivity (Wildman–Crippen MR) is 166 cm³/mol. The van der Waals surface area contributed by atoms with E-state index in [2.05, 4.69) is 118 Å². The summed E-state index contributed by atoms with van der Waals surface area (Å²) in [5, 5.41) is 10.1.